The third kappa shape index (κ3) is 3.41. The third-order valence-corrected chi connectivity index (χ3v) is 3.45. The number of nitrogens with two attached hydrogens (primary N) is 1. The van der Waals surface area contributed by atoms with Gasteiger partial charge >= 0.3 is 0 Å². The van der Waals surface area contributed by atoms with Crippen molar-refractivity contribution in [3.8, 4) is 0 Å². The molecular formula is C15H18N4O2. The lowest BCUT2D eigenvalue weighted by Gasteiger charge is -2.08. The molecule has 110 valence electrons. The Hall–Kier alpha value is -2.34. The lowest BCUT2D eigenvalue weighted by molar-refractivity contribution is 0.0940. The second kappa shape index (κ2) is 5.97. The molecule has 21 heavy (non-hydrogen) atoms. The number of carbonyl (C=O) groups is 1. The molecule has 0 spiro atoms. The Kier molecular flexibility index (Phi) is 3.87. The van der Waals surface area contributed by atoms with Crippen molar-refractivity contribution in [3.63, 3.8) is 0 Å². The summed E-state index contributed by atoms with van der Waals surface area (Å²) < 4.78 is 7.36. The van der Waals surface area contributed by atoms with E-state index >= 15 is 0 Å². The fourth-order valence-electron chi connectivity index (χ4n) is 2.41. The summed E-state index contributed by atoms with van der Waals surface area (Å²) in [5.41, 5.74) is 7.44. The van der Waals surface area contributed by atoms with Crippen LogP contribution in [0.1, 0.15) is 23.2 Å². The summed E-state index contributed by atoms with van der Waals surface area (Å²) in [4.78, 5) is 12.1. The van der Waals surface area contributed by atoms with Crippen LogP contribution in [-0.2, 0) is 11.3 Å². The molecule has 0 radical (unpaired) electrons. The zero-order chi connectivity index (χ0) is 14.7. The Morgan fingerprint density at radius 1 is 1.52 bits per heavy atom. The van der Waals surface area contributed by atoms with Crippen molar-refractivity contribution in [1.82, 2.24) is 9.78 Å². The first kappa shape index (κ1) is 13.6. The summed E-state index contributed by atoms with van der Waals surface area (Å²) in [5.74, 6) is -0.195. The second-order valence-corrected chi connectivity index (χ2v) is 5.17. The number of hydrogen-bond donors (Lipinski definition) is 2. The standard InChI is InChI=1S/C15H18N4O2/c16-12-4-1-3-11(7-12)15(20)18-13-8-17-19(9-13)10-14-5-2-6-21-14/h1,3-4,7-9,14H,2,5-6,10,16H2,(H,18,20). The van der Waals surface area contributed by atoms with E-state index in [9.17, 15) is 4.79 Å². The number of carbonyl (C=O) groups excluding carboxylic acids is 1. The SMILES string of the molecule is Nc1cccc(C(=O)Nc2cnn(CC3CCCO3)c2)c1. The molecule has 2 aromatic rings. The van der Waals surface area contributed by atoms with Gasteiger partial charge in [-0.3, -0.25) is 9.48 Å². The van der Waals surface area contributed by atoms with E-state index in [1.807, 2.05) is 6.20 Å². The Morgan fingerprint density at radius 2 is 2.43 bits per heavy atom. The molecule has 0 bridgehead atoms. The Morgan fingerprint density at radius 3 is 3.19 bits per heavy atom. The maximum Gasteiger partial charge on any atom is 0.255 e. The maximum atomic E-state index is 12.1. The average molecular weight is 286 g/mol. The van der Waals surface area contributed by atoms with E-state index < -0.39 is 0 Å². The summed E-state index contributed by atoms with van der Waals surface area (Å²) >= 11 is 0. The normalized spacial score (nSPS) is 17.8. The van der Waals surface area contributed by atoms with Crippen LogP contribution in [0.2, 0.25) is 0 Å². The Labute approximate surface area is 122 Å². The minimum absolute atomic E-state index is 0.195. The van der Waals surface area contributed by atoms with E-state index in [2.05, 4.69) is 10.4 Å². The van der Waals surface area contributed by atoms with E-state index in [0.29, 0.717) is 23.5 Å². The van der Waals surface area contributed by atoms with Gasteiger partial charge in [-0.05, 0) is 31.0 Å². The van der Waals surface area contributed by atoms with E-state index in [1.165, 1.54) is 0 Å². The molecule has 3 N–H and O–H groups in total. The monoisotopic (exact) mass is 286 g/mol. The lowest BCUT2D eigenvalue weighted by atomic mass is 10.2. The fourth-order valence-corrected chi connectivity index (χ4v) is 2.41. The van der Waals surface area contributed by atoms with Crippen LogP contribution in [0.3, 0.4) is 0 Å². The molecule has 1 amide bonds. The van der Waals surface area contributed by atoms with Crippen LogP contribution in [0.5, 0.6) is 0 Å². The molecule has 0 saturated carbocycles. The summed E-state index contributed by atoms with van der Waals surface area (Å²) in [5, 5.41) is 7.05. The van der Waals surface area contributed by atoms with Crippen molar-refractivity contribution in [3.05, 3.63) is 42.2 Å². The van der Waals surface area contributed by atoms with E-state index in [-0.39, 0.29) is 12.0 Å². The maximum absolute atomic E-state index is 12.1. The van der Waals surface area contributed by atoms with E-state index in [1.54, 1.807) is 35.1 Å². The molecule has 3 rings (SSSR count). The van der Waals surface area contributed by atoms with Crippen LogP contribution in [-0.4, -0.2) is 28.4 Å². The van der Waals surface area contributed by atoms with Crippen LogP contribution < -0.4 is 11.1 Å². The summed E-state index contributed by atoms with van der Waals surface area (Å²) in [6.07, 6.45) is 5.84. The lowest BCUT2D eigenvalue weighted by Crippen LogP contribution is -2.15. The van der Waals surface area contributed by atoms with E-state index in [0.717, 1.165) is 19.4 Å². The summed E-state index contributed by atoms with van der Waals surface area (Å²) in [7, 11) is 0. The van der Waals surface area contributed by atoms with Gasteiger partial charge in [0.1, 0.15) is 0 Å². The van der Waals surface area contributed by atoms with Gasteiger partial charge in [0.15, 0.2) is 0 Å². The zero-order valence-corrected chi connectivity index (χ0v) is 11.7. The number of aromatic nitrogens is 2. The number of amides is 1. The molecule has 2 heterocycles. The average Bonchev–Trinajstić information content (AvgIpc) is 3.11. The molecule has 6 nitrogen and oxygen atoms in total. The highest BCUT2D eigenvalue weighted by Crippen LogP contribution is 2.15. The number of nitrogens with one attached hydrogen (secondary N) is 1. The van der Waals surface area contributed by atoms with Crippen LogP contribution in [0.25, 0.3) is 0 Å². The smallest absolute Gasteiger partial charge is 0.255 e. The highest BCUT2D eigenvalue weighted by molar-refractivity contribution is 6.04. The van der Waals surface area contributed by atoms with Crippen LogP contribution in [0.15, 0.2) is 36.7 Å². The first-order valence-electron chi connectivity index (χ1n) is 7.02. The molecule has 1 unspecified atom stereocenters. The van der Waals surface area contributed by atoms with Crippen molar-refractivity contribution >= 4 is 17.3 Å². The van der Waals surface area contributed by atoms with Gasteiger partial charge in [-0.1, -0.05) is 6.07 Å². The molecule has 1 aromatic heterocycles. The van der Waals surface area contributed by atoms with Gasteiger partial charge in [-0.2, -0.15) is 5.10 Å². The quantitative estimate of drug-likeness (QED) is 0.841. The minimum Gasteiger partial charge on any atom is -0.399 e. The molecule has 1 aliphatic heterocycles. The molecule has 1 aromatic carbocycles. The number of benzene rings is 1. The number of rotatable bonds is 4. The van der Waals surface area contributed by atoms with Crippen molar-refractivity contribution in [2.24, 2.45) is 0 Å². The van der Waals surface area contributed by atoms with Crippen molar-refractivity contribution < 1.29 is 9.53 Å². The fraction of sp³-hybridized carbons (Fsp3) is 0.333. The van der Waals surface area contributed by atoms with Gasteiger partial charge in [0.05, 0.1) is 24.5 Å². The van der Waals surface area contributed by atoms with Crippen molar-refractivity contribution in [1.29, 1.82) is 0 Å². The van der Waals surface area contributed by atoms with Crippen LogP contribution in [0, 0.1) is 0 Å². The van der Waals surface area contributed by atoms with Gasteiger partial charge in [0.2, 0.25) is 0 Å². The number of anilines is 2. The molecular weight excluding hydrogens is 268 g/mol. The molecule has 1 aliphatic rings. The van der Waals surface area contributed by atoms with Crippen molar-refractivity contribution in [2.75, 3.05) is 17.7 Å². The van der Waals surface area contributed by atoms with E-state index in [4.69, 9.17) is 10.5 Å². The summed E-state index contributed by atoms with van der Waals surface area (Å²) in [6, 6.07) is 6.87. The van der Waals surface area contributed by atoms with Gasteiger partial charge in [-0.15, -0.1) is 0 Å². The second-order valence-electron chi connectivity index (χ2n) is 5.17. The number of hydrogen-bond acceptors (Lipinski definition) is 4. The zero-order valence-electron chi connectivity index (χ0n) is 11.7. The first-order valence-corrected chi connectivity index (χ1v) is 7.02. The summed E-state index contributed by atoms with van der Waals surface area (Å²) in [6.45, 7) is 1.54. The predicted octanol–water partition coefficient (Wildman–Crippen LogP) is 1.90. The first-order chi connectivity index (χ1) is 10.2. The number of nitrogen functional groups attached to an aromatic ring is 1. The van der Waals surface area contributed by atoms with Crippen LogP contribution in [0.4, 0.5) is 11.4 Å². The molecule has 1 saturated heterocycles. The number of nitrogens with zero attached hydrogens (tertiary/aromatic N) is 2. The highest BCUT2D eigenvalue weighted by Gasteiger charge is 2.16. The molecule has 1 fully saturated rings. The Balaban J connectivity index is 1.62. The van der Waals surface area contributed by atoms with Gasteiger partial charge < -0.3 is 15.8 Å². The van der Waals surface area contributed by atoms with Gasteiger partial charge in [-0.25, -0.2) is 0 Å². The van der Waals surface area contributed by atoms with Gasteiger partial charge in [0, 0.05) is 24.1 Å². The number of ether oxygens (including phenoxy) is 1. The predicted molar refractivity (Wildman–Crippen MR) is 80.0 cm³/mol. The molecule has 6 heteroatoms. The highest BCUT2D eigenvalue weighted by atomic mass is 16.5. The molecule has 0 aliphatic carbocycles. The topological polar surface area (TPSA) is 82.2 Å². The minimum atomic E-state index is -0.195. The Bertz CT molecular complexity index is 632. The molecule has 1 atom stereocenters. The van der Waals surface area contributed by atoms with Gasteiger partial charge in [0.25, 0.3) is 5.91 Å². The van der Waals surface area contributed by atoms with Crippen molar-refractivity contribution in [2.45, 2.75) is 25.5 Å². The largest absolute Gasteiger partial charge is 0.399 e. The third-order valence-electron chi connectivity index (χ3n) is 3.45. The van der Waals surface area contributed by atoms with Crippen LogP contribution >= 0.6 is 0 Å².